The number of hydrogen-bond acceptors (Lipinski definition) is 2. The zero-order chi connectivity index (χ0) is 15.1. The van der Waals surface area contributed by atoms with Gasteiger partial charge in [0.25, 0.3) is 0 Å². The van der Waals surface area contributed by atoms with E-state index in [0.29, 0.717) is 18.5 Å². The van der Waals surface area contributed by atoms with E-state index in [2.05, 4.69) is 63.9 Å². The monoisotopic (exact) mass is 277 g/mol. The summed E-state index contributed by atoms with van der Waals surface area (Å²) in [4.78, 5) is 2.25. The van der Waals surface area contributed by atoms with Crippen LogP contribution in [0.5, 0.6) is 0 Å². The lowest BCUT2D eigenvalue weighted by Gasteiger charge is -2.28. The summed E-state index contributed by atoms with van der Waals surface area (Å²) in [7, 11) is 2.10. The number of rotatable bonds is 8. The summed E-state index contributed by atoms with van der Waals surface area (Å²) < 4.78 is 0. The van der Waals surface area contributed by atoms with Crippen LogP contribution in [0.25, 0.3) is 0 Å². The van der Waals surface area contributed by atoms with Crippen LogP contribution in [0.2, 0.25) is 0 Å². The summed E-state index contributed by atoms with van der Waals surface area (Å²) in [6.07, 6.45) is 3.04. The van der Waals surface area contributed by atoms with Crippen LogP contribution in [-0.4, -0.2) is 29.6 Å². The van der Waals surface area contributed by atoms with Crippen molar-refractivity contribution in [2.75, 3.05) is 13.6 Å². The molecule has 2 heteroatoms. The van der Waals surface area contributed by atoms with Gasteiger partial charge < -0.3 is 10.0 Å². The van der Waals surface area contributed by atoms with Crippen molar-refractivity contribution in [3.63, 3.8) is 0 Å². The van der Waals surface area contributed by atoms with Crippen LogP contribution in [0.4, 0.5) is 0 Å². The van der Waals surface area contributed by atoms with Gasteiger partial charge in [-0.15, -0.1) is 0 Å². The van der Waals surface area contributed by atoms with Crippen molar-refractivity contribution in [2.45, 2.75) is 59.1 Å². The Balaban J connectivity index is 2.54. The van der Waals surface area contributed by atoms with E-state index in [0.717, 1.165) is 18.4 Å². The van der Waals surface area contributed by atoms with Gasteiger partial charge in [-0.3, -0.25) is 0 Å². The predicted octanol–water partition coefficient (Wildman–Crippen LogP) is 4.04. The Morgan fingerprint density at radius 1 is 1.10 bits per heavy atom. The maximum atomic E-state index is 10.4. The fourth-order valence-corrected chi connectivity index (χ4v) is 2.62. The first-order valence-corrected chi connectivity index (χ1v) is 7.91. The molecule has 1 aromatic carbocycles. The molecule has 1 N–H and O–H groups in total. The van der Waals surface area contributed by atoms with E-state index in [1.807, 2.05) is 0 Å². The average molecular weight is 277 g/mol. The van der Waals surface area contributed by atoms with Gasteiger partial charge in [0.2, 0.25) is 0 Å². The van der Waals surface area contributed by atoms with Crippen LogP contribution in [0.15, 0.2) is 24.3 Å². The highest BCUT2D eigenvalue weighted by Crippen LogP contribution is 2.18. The molecule has 1 rings (SSSR count). The Bertz CT molecular complexity index is 372. The first kappa shape index (κ1) is 17.2. The highest BCUT2D eigenvalue weighted by atomic mass is 16.3. The minimum atomic E-state index is -0.398. The van der Waals surface area contributed by atoms with Gasteiger partial charge in [0.05, 0.1) is 6.10 Å². The van der Waals surface area contributed by atoms with Crippen molar-refractivity contribution in [3.8, 4) is 0 Å². The molecular weight excluding hydrogens is 246 g/mol. The van der Waals surface area contributed by atoms with E-state index in [-0.39, 0.29) is 0 Å². The molecule has 114 valence electrons. The third kappa shape index (κ3) is 5.64. The molecule has 0 radical (unpaired) electrons. The number of aryl methyl sites for hydroxylation is 1. The molecule has 0 bridgehead atoms. The van der Waals surface area contributed by atoms with Crippen molar-refractivity contribution in [3.05, 3.63) is 35.4 Å². The molecule has 2 atom stereocenters. The van der Waals surface area contributed by atoms with Gasteiger partial charge in [-0.1, -0.05) is 51.5 Å². The summed E-state index contributed by atoms with van der Waals surface area (Å²) in [6.45, 7) is 9.60. The molecule has 2 nitrogen and oxygen atoms in total. The predicted molar refractivity (Wildman–Crippen MR) is 86.9 cm³/mol. The van der Waals surface area contributed by atoms with E-state index in [9.17, 15) is 5.11 Å². The number of nitrogens with zero attached hydrogens (tertiary/aromatic N) is 1. The third-order valence-corrected chi connectivity index (χ3v) is 3.93. The smallest absolute Gasteiger partial charge is 0.0916 e. The van der Waals surface area contributed by atoms with E-state index in [1.54, 1.807) is 0 Å². The molecule has 0 amide bonds. The van der Waals surface area contributed by atoms with Gasteiger partial charge >= 0.3 is 0 Å². The Kier molecular flexibility index (Phi) is 7.25. The van der Waals surface area contributed by atoms with Crippen LogP contribution < -0.4 is 0 Å². The van der Waals surface area contributed by atoms with Crippen LogP contribution >= 0.6 is 0 Å². The van der Waals surface area contributed by atoms with Crippen molar-refractivity contribution < 1.29 is 5.11 Å². The largest absolute Gasteiger partial charge is 0.387 e. The number of aliphatic hydroxyl groups excluding tert-OH is 1. The standard InChI is InChI=1S/C18H31NO/c1-6-7-16-8-10-17(11-9-16)18(20)13-19(5)15(4)12-14(2)3/h8-11,14-15,18,20H,6-7,12-13H2,1-5H3. The average Bonchev–Trinajstić information content (AvgIpc) is 2.39. The summed E-state index contributed by atoms with van der Waals surface area (Å²) >= 11 is 0. The van der Waals surface area contributed by atoms with Crippen molar-refractivity contribution in [1.29, 1.82) is 0 Å². The van der Waals surface area contributed by atoms with Crippen LogP contribution in [0.1, 0.15) is 57.8 Å². The minimum absolute atomic E-state index is 0.398. The molecular formula is C18H31NO. The van der Waals surface area contributed by atoms with Crippen molar-refractivity contribution in [1.82, 2.24) is 4.90 Å². The number of benzene rings is 1. The van der Waals surface area contributed by atoms with E-state index in [4.69, 9.17) is 0 Å². The van der Waals surface area contributed by atoms with Gasteiger partial charge in [0, 0.05) is 12.6 Å². The lowest BCUT2D eigenvalue weighted by Crippen LogP contribution is -2.33. The van der Waals surface area contributed by atoms with Crippen molar-refractivity contribution >= 4 is 0 Å². The van der Waals surface area contributed by atoms with Crippen LogP contribution in [0.3, 0.4) is 0 Å². The summed E-state index contributed by atoms with van der Waals surface area (Å²) in [5.74, 6) is 0.693. The zero-order valence-corrected chi connectivity index (χ0v) is 13.8. The second kappa shape index (κ2) is 8.43. The summed E-state index contributed by atoms with van der Waals surface area (Å²) in [5.41, 5.74) is 2.37. The van der Waals surface area contributed by atoms with Crippen LogP contribution in [0, 0.1) is 5.92 Å². The van der Waals surface area contributed by atoms with Crippen molar-refractivity contribution in [2.24, 2.45) is 5.92 Å². The van der Waals surface area contributed by atoms with Gasteiger partial charge in [-0.25, -0.2) is 0 Å². The first-order chi connectivity index (χ1) is 9.43. The molecule has 0 saturated carbocycles. The normalized spacial score (nSPS) is 14.8. The molecule has 2 unspecified atom stereocenters. The van der Waals surface area contributed by atoms with E-state index in [1.165, 1.54) is 12.0 Å². The van der Waals surface area contributed by atoms with Gasteiger partial charge in [-0.2, -0.15) is 0 Å². The molecule has 0 fully saturated rings. The van der Waals surface area contributed by atoms with E-state index < -0.39 is 6.10 Å². The second-order valence-corrected chi connectivity index (χ2v) is 6.43. The highest BCUT2D eigenvalue weighted by Gasteiger charge is 2.16. The molecule has 0 aliphatic rings. The lowest BCUT2D eigenvalue weighted by atomic mass is 10.0. The lowest BCUT2D eigenvalue weighted by molar-refractivity contribution is 0.102. The molecule has 0 saturated heterocycles. The second-order valence-electron chi connectivity index (χ2n) is 6.43. The molecule has 20 heavy (non-hydrogen) atoms. The summed E-state index contributed by atoms with van der Waals surface area (Å²) in [5, 5.41) is 10.4. The Morgan fingerprint density at radius 3 is 2.20 bits per heavy atom. The SMILES string of the molecule is CCCc1ccc(C(O)CN(C)C(C)CC(C)C)cc1. The van der Waals surface area contributed by atoms with Crippen LogP contribution in [-0.2, 0) is 6.42 Å². The number of hydrogen-bond donors (Lipinski definition) is 1. The molecule has 0 aliphatic heterocycles. The molecule has 0 heterocycles. The first-order valence-electron chi connectivity index (χ1n) is 7.91. The quantitative estimate of drug-likeness (QED) is 0.775. The Labute approximate surface area is 124 Å². The topological polar surface area (TPSA) is 23.5 Å². The van der Waals surface area contributed by atoms with Gasteiger partial charge in [-0.05, 0) is 43.9 Å². The number of aliphatic hydroxyl groups is 1. The number of likely N-dealkylation sites (N-methyl/N-ethyl adjacent to an activating group) is 1. The zero-order valence-electron chi connectivity index (χ0n) is 13.8. The minimum Gasteiger partial charge on any atom is -0.387 e. The Morgan fingerprint density at radius 2 is 1.70 bits per heavy atom. The highest BCUT2D eigenvalue weighted by molar-refractivity contribution is 5.24. The fourth-order valence-electron chi connectivity index (χ4n) is 2.62. The van der Waals surface area contributed by atoms with E-state index >= 15 is 0 Å². The van der Waals surface area contributed by atoms with Gasteiger partial charge in [0.1, 0.15) is 0 Å². The Hall–Kier alpha value is -0.860. The summed E-state index contributed by atoms with van der Waals surface area (Å²) in [6, 6.07) is 8.91. The molecule has 0 aromatic heterocycles. The third-order valence-electron chi connectivity index (χ3n) is 3.93. The molecule has 0 spiro atoms. The maximum Gasteiger partial charge on any atom is 0.0916 e. The fraction of sp³-hybridized carbons (Fsp3) is 0.667. The maximum absolute atomic E-state index is 10.4. The molecule has 1 aromatic rings. The van der Waals surface area contributed by atoms with Gasteiger partial charge in [0.15, 0.2) is 0 Å². The molecule has 0 aliphatic carbocycles.